The zero-order valence-electron chi connectivity index (χ0n) is 12.8. The molecule has 0 radical (unpaired) electrons. The summed E-state index contributed by atoms with van der Waals surface area (Å²) in [5, 5.41) is 3.98. The van der Waals surface area contributed by atoms with Crippen molar-refractivity contribution in [1.82, 2.24) is 9.19 Å². The third-order valence-corrected chi connectivity index (χ3v) is 7.23. The Morgan fingerprint density at radius 2 is 1.96 bits per heavy atom. The molecule has 0 unspecified atom stereocenters. The van der Waals surface area contributed by atoms with E-state index >= 15 is 0 Å². The Hall–Kier alpha value is -1.67. The minimum Gasteiger partial charge on any atom is -0.223 e. The van der Waals surface area contributed by atoms with E-state index in [4.69, 9.17) is 0 Å². The highest BCUT2D eigenvalue weighted by molar-refractivity contribution is 7.91. The highest BCUT2D eigenvalue weighted by Gasteiger charge is 2.33. The fourth-order valence-electron chi connectivity index (χ4n) is 2.79. The van der Waals surface area contributed by atoms with E-state index in [9.17, 15) is 16.8 Å². The molecule has 0 fully saturated rings. The summed E-state index contributed by atoms with van der Waals surface area (Å²) >= 11 is 0. The van der Waals surface area contributed by atoms with Crippen molar-refractivity contribution in [3.63, 3.8) is 0 Å². The summed E-state index contributed by atoms with van der Waals surface area (Å²) in [7, 11) is -7.06. The lowest BCUT2D eigenvalue weighted by atomic mass is 10.1. The summed E-state index contributed by atoms with van der Waals surface area (Å²) in [6.07, 6.45) is 3.66. The maximum absolute atomic E-state index is 12.6. The van der Waals surface area contributed by atoms with Crippen LogP contribution in [0.4, 0.5) is 0 Å². The predicted molar refractivity (Wildman–Crippen MR) is 87.3 cm³/mol. The summed E-state index contributed by atoms with van der Waals surface area (Å²) in [5.41, 5.74) is 1.22. The minimum atomic E-state index is -3.60. The van der Waals surface area contributed by atoms with E-state index in [1.54, 1.807) is 18.2 Å². The standard InChI is InChI=1S/C15H18N2O4S2/c1-2-3-6-9-23(20,21)17-15-12(10-16-17)11-22(18,19)14-8-5-4-7-13(14)15/h4-5,7-8,10H,2-3,6,9,11H2,1H3. The fraction of sp³-hybridized carbons (Fsp3) is 0.400. The van der Waals surface area contributed by atoms with Gasteiger partial charge in [-0.25, -0.2) is 16.8 Å². The molecule has 0 aliphatic carbocycles. The number of hydrogen-bond acceptors (Lipinski definition) is 5. The van der Waals surface area contributed by atoms with Crippen LogP contribution in [0.1, 0.15) is 31.7 Å². The number of sulfone groups is 1. The van der Waals surface area contributed by atoms with E-state index in [-0.39, 0.29) is 16.4 Å². The van der Waals surface area contributed by atoms with Crippen molar-refractivity contribution in [1.29, 1.82) is 0 Å². The molecule has 3 rings (SSSR count). The molecule has 1 aliphatic rings. The number of fused-ring (bicyclic) bond motifs is 3. The molecular weight excluding hydrogens is 336 g/mol. The largest absolute Gasteiger partial charge is 0.254 e. The molecule has 0 saturated heterocycles. The van der Waals surface area contributed by atoms with Crippen LogP contribution in [0.2, 0.25) is 0 Å². The second-order valence-corrected chi connectivity index (χ2v) is 9.52. The van der Waals surface area contributed by atoms with Crippen molar-refractivity contribution in [3.8, 4) is 11.3 Å². The highest BCUT2D eigenvalue weighted by Crippen LogP contribution is 2.38. The SMILES string of the molecule is CCCCCS(=O)(=O)n1ncc2c1-c1ccccc1S(=O)(=O)C2. The quantitative estimate of drug-likeness (QED) is 0.768. The van der Waals surface area contributed by atoms with Crippen molar-refractivity contribution in [3.05, 3.63) is 36.0 Å². The molecule has 1 aliphatic heterocycles. The molecule has 0 amide bonds. The second-order valence-electron chi connectivity index (χ2n) is 5.64. The minimum absolute atomic E-state index is 0.00385. The monoisotopic (exact) mass is 354 g/mol. The molecular formula is C15H18N2O4S2. The average molecular weight is 354 g/mol. The molecule has 6 nitrogen and oxygen atoms in total. The van der Waals surface area contributed by atoms with Crippen LogP contribution in [0.25, 0.3) is 11.3 Å². The molecule has 2 aromatic rings. The molecule has 0 bridgehead atoms. The molecule has 0 saturated carbocycles. The summed E-state index contributed by atoms with van der Waals surface area (Å²) < 4.78 is 50.8. The van der Waals surface area contributed by atoms with Crippen molar-refractivity contribution >= 4 is 19.9 Å². The van der Waals surface area contributed by atoms with Gasteiger partial charge in [-0.05, 0) is 12.5 Å². The summed E-state index contributed by atoms with van der Waals surface area (Å²) in [6, 6.07) is 6.47. The third kappa shape index (κ3) is 2.81. The van der Waals surface area contributed by atoms with E-state index in [1.165, 1.54) is 12.3 Å². The number of hydrogen-bond donors (Lipinski definition) is 0. The first kappa shape index (κ1) is 16.2. The number of unbranched alkanes of at least 4 members (excludes halogenated alkanes) is 2. The molecule has 124 valence electrons. The second kappa shape index (κ2) is 5.76. The van der Waals surface area contributed by atoms with E-state index in [2.05, 4.69) is 5.10 Å². The van der Waals surface area contributed by atoms with Gasteiger partial charge in [0.15, 0.2) is 9.84 Å². The molecule has 23 heavy (non-hydrogen) atoms. The first-order chi connectivity index (χ1) is 10.9. The zero-order valence-corrected chi connectivity index (χ0v) is 14.4. The predicted octanol–water partition coefficient (Wildman–Crippen LogP) is 2.21. The Labute approximate surface area is 136 Å². The average Bonchev–Trinajstić information content (AvgIpc) is 2.91. The van der Waals surface area contributed by atoms with Crippen LogP contribution in [0.15, 0.2) is 35.4 Å². The molecule has 0 N–H and O–H groups in total. The maximum Gasteiger partial charge on any atom is 0.254 e. The summed E-state index contributed by atoms with van der Waals surface area (Å²) in [4.78, 5) is 0.165. The van der Waals surface area contributed by atoms with Crippen LogP contribution in [-0.2, 0) is 25.6 Å². The summed E-state index contributed by atoms with van der Waals surface area (Å²) in [5.74, 6) is -0.215. The van der Waals surface area contributed by atoms with Gasteiger partial charge in [-0.15, -0.1) is 0 Å². The van der Waals surface area contributed by atoms with Crippen molar-refractivity contribution < 1.29 is 16.8 Å². The van der Waals surface area contributed by atoms with Crippen LogP contribution in [0, 0.1) is 0 Å². The highest BCUT2D eigenvalue weighted by atomic mass is 32.2. The number of benzene rings is 1. The third-order valence-electron chi connectivity index (χ3n) is 3.91. The lowest BCUT2D eigenvalue weighted by Crippen LogP contribution is -2.21. The van der Waals surface area contributed by atoms with Gasteiger partial charge < -0.3 is 0 Å². The number of aromatic nitrogens is 2. The molecule has 0 spiro atoms. The van der Waals surface area contributed by atoms with E-state index in [0.717, 1.165) is 16.9 Å². The molecule has 1 aromatic heterocycles. The Morgan fingerprint density at radius 3 is 2.70 bits per heavy atom. The molecule has 8 heteroatoms. The van der Waals surface area contributed by atoms with Crippen LogP contribution < -0.4 is 0 Å². The van der Waals surface area contributed by atoms with Crippen LogP contribution in [-0.4, -0.2) is 31.8 Å². The topological polar surface area (TPSA) is 86.1 Å². The van der Waals surface area contributed by atoms with Crippen LogP contribution >= 0.6 is 0 Å². The van der Waals surface area contributed by atoms with Gasteiger partial charge in [0.2, 0.25) is 0 Å². The smallest absolute Gasteiger partial charge is 0.223 e. The first-order valence-corrected chi connectivity index (χ1v) is 10.8. The number of rotatable bonds is 5. The Morgan fingerprint density at radius 1 is 1.22 bits per heavy atom. The summed E-state index contributed by atoms with van der Waals surface area (Å²) in [6.45, 7) is 2.00. The zero-order chi connectivity index (χ0) is 16.7. The lowest BCUT2D eigenvalue weighted by Gasteiger charge is -2.18. The van der Waals surface area contributed by atoms with Gasteiger partial charge in [0.1, 0.15) is 0 Å². The fourth-order valence-corrected chi connectivity index (χ4v) is 5.78. The molecule has 2 heterocycles. The van der Waals surface area contributed by atoms with E-state index in [0.29, 0.717) is 23.2 Å². The van der Waals surface area contributed by atoms with Crippen LogP contribution in [0.5, 0.6) is 0 Å². The van der Waals surface area contributed by atoms with Gasteiger partial charge in [-0.1, -0.05) is 38.0 Å². The molecule has 1 aromatic carbocycles. The molecule has 0 atom stereocenters. The lowest BCUT2D eigenvalue weighted by molar-refractivity contribution is 0.575. The number of nitrogens with zero attached hydrogens (tertiary/aromatic N) is 2. The van der Waals surface area contributed by atoms with Crippen molar-refractivity contribution in [2.24, 2.45) is 0 Å². The van der Waals surface area contributed by atoms with E-state index in [1.807, 2.05) is 6.92 Å². The Balaban J connectivity index is 2.13. The van der Waals surface area contributed by atoms with Gasteiger partial charge in [0, 0.05) is 11.1 Å². The normalized spacial score (nSPS) is 15.9. The van der Waals surface area contributed by atoms with Gasteiger partial charge in [-0.3, -0.25) is 0 Å². The van der Waals surface area contributed by atoms with Crippen LogP contribution in [0.3, 0.4) is 0 Å². The van der Waals surface area contributed by atoms with Gasteiger partial charge >= 0.3 is 0 Å². The van der Waals surface area contributed by atoms with Gasteiger partial charge in [0.25, 0.3) is 10.0 Å². The first-order valence-electron chi connectivity index (χ1n) is 7.49. The van der Waals surface area contributed by atoms with Crippen molar-refractivity contribution in [2.75, 3.05) is 5.75 Å². The Kier molecular flexibility index (Phi) is 4.05. The maximum atomic E-state index is 12.6. The van der Waals surface area contributed by atoms with Gasteiger partial charge in [-0.2, -0.15) is 9.19 Å². The van der Waals surface area contributed by atoms with Gasteiger partial charge in [0.05, 0.1) is 28.3 Å². The Bertz CT molecular complexity index is 944. The van der Waals surface area contributed by atoms with Crippen molar-refractivity contribution in [2.45, 2.75) is 36.8 Å². The van der Waals surface area contributed by atoms with E-state index < -0.39 is 19.9 Å².